The van der Waals surface area contributed by atoms with Crippen molar-refractivity contribution in [2.75, 3.05) is 5.32 Å². The molecule has 2 aromatic carbocycles. The number of aromatic amines is 1. The van der Waals surface area contributed by atoms with Gasteiger partial charge in [0.15, 0.2) is 0 Å². The standard InChI is InChI=1S/C18H19N5O2/c1-18(2,3)25-15-10-8-14(9-11-15)19-17(24)13-6-4-12(5-7-13)16-20-22-23-21-16/h4-11H,1-3H3,(H,19,24)(H,20,21,22,23). The van der Waals surface area contributed by atoms with E-state index in [0.717, 1.165) is 11.3 Å². The Kier molecular flexibility index (Phi) is 4.47. The molecule has 0 radical (unpaired) electrons. The van der Waals surface area contributed by atoms with Gasteiger partial charge in [0.05, 0.1) is 0 Å². The molecular formula is C18H19N5O2. The molecule has 0 unspecified atom stereocenters. The maximum atomic E-state index is 12.3. The molecule has 1 aromatic heterocycles. The van der Waals surface area contributed by atoms with Crippen LogP contribution in [0.4, 0.5) is 5.69 Å². The van der Waals surface area contributed by atoms with Gasteiger partial charge in [-0.2, -0.15) is 5.21 Å². The molecule has 0 aliphatic rings. The number of ether oxygens (including phenoxy) is 1. The van der Waals surface area contributed by atoms with E-state index in [-0.39, 0.29) is 11.5 Å². The second-order valence-electron chi connectivity index (χ2n) is 6.51. The third-order valence-electron chi connectivity index (χ3n) is 3.29. The number of nitrogens with one attached hydrogen (secondary N) is 2. The number of H-pyrrole nitrogens is 1. The first-order valence-corrected chi connectivity index (χ1v) is 7.85. The molecule has 7 heteroatoms. The zero-order valence-corrected chi connectivity index (χ0v) is 14.3. The predicted octanol–water partition coefficient (Wildman–Crippen LogP) is 3.30. The number of hydrogen-bond acceptors (Lipinski definition) is 5. The molecule has 0 saturated carbocycles. The highest BCUT2D eigenvalue weighted by Gasteiger charge is 2.12. The van der Waals surface area contributed by atoms with Crippen LogP contribution in [0.3, 0.4) is 0 Å². The van der Waals surface area contributed by atoms with Crippen LogP contribution in [0.1, 0.15) is 31.1 Å². The van der Waals surface area contributed by atoms with Crippen LogP contribution in [0.25, 0.3) is 11.4 Å². The SMILES string of the molecule is CC(C)(C)Oc1ccc(NC(=O)c2ccc(-c3nn[nH]n3)cc2)cc1. The molecule has 1 amide bonds. The van der Waals surface area contributed by atoms with E-state index in [0.29, 0.717) is 17.1 Å². The maximum absolute atomic E-state index is 12.3. The number of nitrogens with zero attached hydrogens (tertiary/aromatic N) is 3. The summed E-state index contributed by atoms with van der Waals surface area (Å²) in [7, 11) is 0. The van der Waals surface area contributed by atoms with Gasteiger partial charge in [0.25, 0.3) is 5.91 Å². The molecule has 25 heavy (non-hydrogen) atoms. The molecule has 0 bridgehead atoms. The highest BCUT2D eigenvalue weighted by molar-refractivity contribution is 6.04. The fourth-order valence-electron chi connectivity index (χ4n) is 2.22. The lowest BCUT2D eigenvalue weighted by atomic mass is 10.1. The minimum absolute atomic E-state index is 0.191. The summed E-state index contributed by atoms with van der Waals surface area (Å²) >= 11 is 0. The lowest BCUT2D eigenvalue weighted by molar-refractivity contribution is 0.102. The van der Waals surface area contributed by atoms with Gasteiger partial charge >= 0.3 is 0 Å². The second-order valence-corrected chi connectivity index (χ2v) is 6.51. The predicted molar refractivity (Wildman–Crippen MR) is 94.4 cm³/mol. The van der Waals surface area contributed by atoms with Gasteiger partial charge < -0.3 is 10.1 Å². The monoisotopic (exact) mass is 337 g/mol. The first kappa shape index (κ1) is 16.6. The quantitative estimate of drug-likeness (QED) is 0.762. The maximum Gasteiger partial charge on any atom is 0.255 e. The van der Waals surface area contributed by atoms with E-state index >= 15 is 0 Å². The minimum Gasteiger partial charge on any atom is -0.488 e. The summed E-state index contributed by atoms with van der Waals surface area (Å²) < 4.78 is 5.76. The molecule has 0 aliphatic heterocycles. The van der Waals surface area contributed by atoms with Crippen LogP contribution in [0.15, 0.2) is 48.5 Å². The Morgan fingerprint density at radius 3 is 2.28 bits per heavy atom. The average Bonchev–Trinajstić information content (AvgIpc) is 3.10. The Bertz CT molecular complexity index is 835. The smallest absolute Gasteiger partial charge is 0.255 e. The third kappa shape index (κ3) is 4.41. The fraction of sp³-hybridized carbons (Fsp3) is 0.222. The van der Waals surface area contributed by atoms with Crippen molar-refractivity contribution in [1.82, 2.24) is 20.6 Å². The number of aromatic nitrogens is 4. The number of hydrogen-bond donors (Lipinski definition) is 2. The summed E-state index contributed by atoms with van der Waals surface area (Å²) in [5.74, 6) is 1.06. The van der Waals surface area contributed by atoms with Gasteiger partial charge in [-0.05, 0) is 62.4 Å². The van der Waals surface area contributed by atoms with Crippen LogP contribution < -0.4 is 10.1 Å². The van der Waals surface area contributed by atoms with E-state index in [1.807, 2.05) is 45.0 Å². The van der Waals surface area contributed by atoms with Crippen molar-refractivity contribution in [3.63, 3.8) is 0 Å². The van der Waals surface area contributed by atoms with Gasteiger partial charge in [-0.15, -0.1) is 10.2 Å². The molecule has 0 aliphatic carbocycles. The van der Waals surface area contributed by atoms with E-state index in [9.17, 15) is 4.79 Å². The third-order valence-corrected chi connectivity index (χ3v) is 3.29. The van der Waals surface area contributed by atoms with Crippen LogP contribution in [0, 0.1) is 0 Å². The first-order chi connectivity index (χ1) is 11.9. The second kappa shape index (κ2) is 6.72. The fourth-order valence-corrected chi connectivity index (χ4v) is 2.22. The van der Waals surface area contributed by atoms with Gasteiger partial charge in [0.2, 0.25) is 5.82 Å². The van der Waals surface area contributed by atoms with Gasteiger partial charge in [-0.1, -0.05) is 12.1 Å². The van der Waals surface area contributed by atoms with Crippen molar-refractivity contribution in [2.45, 2.75) is 26.4 Å². The Hall–Kier alpha value is -3.22. The molecule has 2 N–H and O–H groups in total. The van der Waals surface area contributed by atoms with Gasteiger partial charge in [0, 0.05) is 16.8 Å². The van der Waals surface area contributed by atoms with E-state index in [1.54, 1.807) is 24.3 Å². The number of tetrazole rings is 1. The highest BCUT2D eigenvalue weighted by atomic mass is 16.5. The van der Waals surface area contributed by atoms with Crippen molar-refractivity contribution < 1.29 is 9.53 Å². The molecule has 0 atom stereocenters. The molecule has 0 fully saturated rings. The van der Waals surface area contributed by atoms with Crippen molar-refractivity contribution in [2.24, 2.45) is 0 Å². The van der Waals surface area contributed by atoms with E-state index < -0.39 is 0 Å². The van der Waals surface area contributed by atoms with Crippen LogP contribution in [0.5, 0.6) is 5.75 Å². The zero-order chi connectivity index (χ0) is 17.9. The van der Waals surface area contributed by atoms with Gasteiger partial charge in [0.1, 0.15) is 11.4 Å². The molecule has 0 saturated heterocycles. The van der Waals surface area contributed by atoms with Crippen LogP contribution >= 0.6 is 0 Å². The Labute approximate surface area is 145 Å². The van der Waals surface area contributed by atoms with Crippen molar-refractivity contribution in [1.29, 1.82) is 0 Å². The topological polar surface area (TPSA) is 92.8 Å². The van der Waals surface area contributed by atoms with E-state index in [2.05, 4.69) is 25.9 Å². The zero-order valence-electron chi connectivity index (χ0n) is 14.3. The van der Waals surface area contributed by atoms with E-state index in [4.69, 9.17) is 4.74 Å². The molecule has 3 aromatic rings. The summed E-state index contributed by atoms with van der Waals surface area (Å²) in [5, 5.41) is 16.6. The largest absolute Gasteiger partial charge is 0.488 e. The number of amides is 1. The first-order valence-electron chi connectivity index (χ1n) is 7.85. The molecule has 0 spiro atoms. The normalized spacial score (nSPS) is 11.2. The molecule has 1 heterocycles. The van der Waals surface area contributed by atoms with Crippen LogP contribution in [0.2, 0.25) is 0 Å². The number of rotatable bonds is 4. The summed E-state index contributed by atoms with van der Waals surface area (Å²) in [4.78, 5) is 12.3. The number of carbonyl (C=O) groups excluding carboxylic acids is 1. The summed E-state index contributed by atoms with van der Waals surface area (Å²) in [5.41, 5.74) is 1.77. The lowest BCUT2D eigenvalue weighted by Crippen LogP contribution is -2.22. The Morgan fingerprint density at radius 2 is 1.72 bits per heavy atom. The van der Waals surface area contributed by atoms with Gasteiger partial charge in [-0.25, -0.2) is 0 Å². The van der Waals surface area contributed by atoms with Crippen molar-refractivity contribution in [3.8, 4) is 17.1 Å². The van der Waals surface area contributed by atoms with Crippen molar-refractivity contribution in [3.05, 3.63) is 54.1 Å². The van der Waals surface area contributed by atoms with E-state index in [1.165, 1.54) is 0 Å². The van der Waals surface area contributed by atoms with Crippen molar-refractivity contribution >= 4 is 11.6 Å². The highest BCUT2D eigenvalue weighted by Crippen LogP contribution is 2.21. The average molecular weight is 337 g/mol. The molecular weight excluding hydrogens is 318 g/mol. The number of anilines is 1. The van der Waals surface area contributed by atoms with Crippen LogP contribution in [-0.2, 0) is 0 Å². The Balaban J connectivity index is 1.66. The molecule has 128 valence electrons. The summed E-state index contributed by atoms with van der Waals surface area (Å²) in [6, 6.07) is 14.3. The number of benzene rings is 2. The lowest BCUT2D eigenvalue weighted by Gasteiger charge is -2.21. The summed E-state index contributed by atoms with van der Waals surface area (Å²) in [6.07, 6.45) is 0. The Morgan fingerprint density at radius 1 is 1.04 bits per heavy atom. The minimum atomic E-state index is -0.259. The summed E-state index contributed by atoms with van der Waals surface area (Å²) in [6.45, 7) is 5.96. The number of carbonyl (C=O) groups is 1. The van der Waals surface area contributed by atoms with Crippen LogP contribution in [-0.4, -0.2) is 32.1 Å². The molecule has 7 nitrogen and oxygen atoms in total. The molecule has 3 rings (SSSR count). The van der Waals surface area contributed by atoms with Gasteiger partial charge in [-0.3, -0.25) is 4.79 Å².